The fourth-order valence-corrected chi connectivity index (χ4v) is 2.85. The highest BCUT2D eigenvalue weighted by Crippen LogP contribution is 2.30. The number of para-hydroxylation sites is 1. The average molecular weight is 271 g/mol. The molecule has 5 nitrogen and oxygen atoms in total. The second kappa shape index (κ2) is 5.07. The number of carboxylic acids is 1. The van der Waals surface area contributed by atoms with Crippen LogP contribution in [-0.4, -0.2) is 33.6 Å². The van der Waals surface area contributed by atoms with Gasteiger partial charge in [0.05, 0.1) is 5.52 Å². The van der Waals surface area contributed by atoms with Gasteiger partial charge in [0.2, 0.25) is 0 Å². The molecule has 0 spiro atoms. The van der Waals surface area contributed by atoms with Gasteiger partial charge in [0.1, 0.15) is 18.2 Å². The summed E-state index contributed by atoms with van der Waals surface area (Å²) in [5.41, 5.74) is 0.847. The summed E-state index contributed by atoms with van der Waals surface area (Å²) < 4.78 is 0. The first-order valence-corrected chi connectivity index (χ1v) is 6.86. The molecular weight excluding hydrogens is 254 g/mol. The molecule has 20 heavy (non-hydrogen) atoms. The van der Waals surface area contributed by atoms with E-state index in [1.165, 1.54) is 6.33 Å². The SMILES string of the molecule is CC1CCN(c2ncnc3ccccc23)C(C(=O)O)C1. The molecule has 0 aliphatic carbocycles. The molecule has 0 bridgehead atoms. The molecule has 1 fully saturated rings. The molecule has 2 heterocycles. The summed E-state index contributed by atoms with van der Waals surface area (Å²) in [7, 11) is 0. The summed E-state index contributed by atoms with van der Waals surface area (Å²) in [6.07, 6.45) is 3.16. The predicted molar refractivity (Wildman–Crippen MR) is 76.7 cm³/mol. The normalized spacial score (nSPS) is 22.9. The molecule has 1 aromatic carbocycles. The topological polar surface area (TPSA) is 66.3 Å². The third-order valence-electron chi connectivity index (χ3n) is 3.94. The van der Waals surface area contributed by atoms with Crippen LogP contribution >= 0.6 is 0 Å². The zero-order chi connectivity index (χ0) is 14.1. The number of hydrogen-bond donors (Lipinski definition) is 1. The number of carbonyl (C=O) groups is 1. The van der Waals surface area contributed by atoms with Crippen LogP contribution in [0.5, 0.6) is 0 Å². The summed E-state index contributed by atoms with van der Waals surface area (Å²) >= 11 is 0. The molecule has 5 heteroatoms. The molecule has 0 radical (unpaired) electrons. The van der Waals surface area contributed by atoms with Crippen molar-refractivity contribution >= 4 is 22.7 Å². The third-order valence-corrected chi connectivity index (χ3v) is 3.94. The minimum absolute atomic E-state index is 0.431. The monoisotopic (exact) mass is 271 g/mol. The molecule has 104 valence electrons. The van der Waals surface area contributed by atoms with Gasteiger partial charge in [-0.1, -0.05) is 19.1 Å². The fourth-order valence-electron chi connectivity index (χ4n) is 2.85. The molecule has 1 aliphatic rings. The van der Waals surface area contributed by atoms with E-state index >= 15 is 0 Å². The number of aliphatic carboxylic acids is 1. The Hall–Kier alpha value is -2.17. The fraction of sp³-hybridized carbons (Fsp3) is 0.400. The van der Waals surface area contributed by atoms with Crippen LogP contribution in [0.2, 0.25) is 0 Å². The highest BCUT2D eigenvalue weighted by molar-refractivity contribution is 5.91. The lowest BCUT2D eigenvalue weighted by Crippen LogP contribution is -2.47. The van der Waals surface area contributed by atoms with Crippen molar-refractivity contribution in [3.63, 3.8) is 0 Å². The standard InChI is InChI=1S/C15H17N3O2/c1-10-6-7-18(13(8-10)15(19)20)14-11-4-2-3-5-12(11)16-9-17-14/h2-5,9-10,13H,6-8H2,1H3,(H,19,20). The Morgan fingerprint density at radius 2 is 2.15 bits per heavy atom. The van der Waals surface area contributed by atoms with Gasteiger partial charge < -0.3 is 10.0 Å². The highest BCUT2D eigenvalue weighted by atomic mass is 16.4. The number of piperidine rings is 1. The Labute approximate surface area is 117 Å². The van der Waals surface area contributed by atoms with Crippen molar-refractivity contribution in [2.24, 2.45) is 5.92 Å². The molecule has 1 N–H and O–H groups in total. The van der Waals surface area contributed by atoms with E-state index in [0.717, 1.165) is 29.7 Å². The summed E-state index contributed by atoms with van der Waals surface area (Å²) in [4.78, 5) is 22.0. The lowest BCUT2D eigenvalue weighted by Gasteiger charge is -2.37. The van der Waals surface area contributed by atoms with Crippen molar-refractivity contribution < 1.29 is 9.90 Å². The minimum atomic E-state index is -0.778. The average Bonchev–Trinajstić information content (AvgIpc) is 2.46. The Bertz CT molecular complexity index is 639. The third kappa shape index (κ3) is 2.19. The summed E-state index contributed by atoms with van der Waals surface area (Å²) in [5.74, 6) is 0.384. The number of carboxylic acid groups (broad SMARTS) is 1. The van der Waals surface area contributed by atoms with Crippen molar-refractivity contribution in [3.8, 4) is 0 Å². The molecule has 1 aromatic heterocycles. The molecule has 1 saturated heterocycles. The van der Waals surface area contributed by atoms with E-state index in [-0.39, 0.29) is 0 Å². The molecule has 0 saturated carbocycles. The van der Waals surface area contributed by atoms with E-state index in [2.05, 4.69) is 16.9 Å². The molecule has 2 aromatic rings. The maximum absolute atomic E-state index is 11.5. The molecule has 2 atom stereocenters. The van der Waals surface area contributed by atoms with Crippen LogP contribution in [0.3, 0.4) is 0 Å². The van der Waals surface area contributed by atoms with Gasteiger partial charge in [-0.25, -0.2) is 14.8 Å². The van der Waals surface area contributed by atoms with Gasteiger partial charge in [-0.05, 0) is 30.9 Å². The second-order valence-electron chi connectivity index (χ2n) is 5.39. The molecular formula is C15H17N3O2. The lowest BCUT2D eigenvalue weighted by molar-refractivity contribution is -0.139. The summed E-state index contributed by atoms with van der Waals surface area (Å²) in [6, 6.07) is 7.21. The van der Waals surface area contributed by atoms with E-state index in [4.69, 9.17) is 0 Å². The van der Waals surface area contributed by atoms with Crippen LogP contribution in [0.15, 0.2) is 30.6 Å². The number of benzene rings is 1. The van der Waals surface area contributed by atoms with E-state index in [1.807, 2.05) is 29.2 Å². The maximum atomic E-state index is 11.5. The van der Waals surface area contributed by atoms with Gasteiger partial charge in [-0.2, -0.15) is 0 Å². The first kappa shape index (κ1) is 12.8. The Morgan fingerprint density at radius 3 is 2.95 bits per heavy atom. The van der Waals surface area contributed by atoms with Crippen molar-refractivity contribution in [2.75, 3.05) is 11.4 Å². The highest BCUT2D eigenvalue weighted by Gasteiger charge is 2.33. The number of rotatable bonds is 2. The molecule has 0 amide bonds. The number of anilines is 1. The van der Waals surface area contributed by atoms with Crippen molar-refractivity contribution in [1.29, 1.82) is 0 Å². The summed E-state index contributed by atoms with van der Waals surface area (Å²) in [5, 5.41) is 10.4. The van der Waals surface area contributed by atoms with Crippen molar-refractivity contribution in [3.05, 3.63) is 30.6 Å². The number of aromatic nitrogens is 2. The van der Waals surface area contributed by atoms with E-state index in [1.54, 1.807) is 0 Å². The first-order chi connectivity index (χ1) is 9.66. The van der Waals surface area contributed by atoms with Gasteiger partial charge in [0.15, 0.2) is 0 Å². The smallest absolute Gasteiger partial charge is 0.326 e. The first-order valence-electron chi connectivity index (χ1n) is 6.86. The largest absolute Gasteiger partial charge is 0.480 e. The number of fused-ring (bicyclic) bond motifs is 1. The number of hydrogen-bond acceptors (Lipinski definition) is 4. The van der Waals surface area contributed by atoms with Crippen molar-refractivity contribution in [1.82, 2.24) is 9.97 Å². The minimum Gasteiger partial charge on any atom is -0.480 e. The van der Waals surface area contributed by atoms with Crippen molar-refractivity contribution in [2.45, 2.75) is 25.8 Å². The van der Waals surface area contributed by atoms with Crippen LogP contribution < -0.4 is 4.90 Å². The summed E-state index contributed by atoms with van der Waals surface area (Å²) in [6.45, 7) is 2.82. The number of nitrogens with zero attached hydrogens (tertiary/aromatic N) is 3. The Balaban J connectivity index is 2.07. The maximum Gasteiger partial charge on any atom is 0.326 e. The van der Waals surface area contributed by atoms with Gasteiger partial charge in [0, 0.05) is 11.9 Å². The van der Waals surface area contributed by atoms with Gasteiger partial charge in [0.25, 0.3) is 0 Å². The van der Waals surface area contributed by atoms with Crippen LogP contribution in [0.1, 0.15) is 19.8 Å². The zero-order valence-electron chi connectivity index (χ0n) is 11.4. The van der Waals surface area contributed by atoms with Crippen LogP contribution in [0.25, 0.3) is 10.9 Å². The molecule has 2 unspecified atom stereocenters. The van der Waals surface area contributed by atoms with Gasteiger partial charge in [-0.15, -0.1) is 0 Å². The van der Waals surface area contributed by atoms with Gasteiger partial charge >= 0.3 is 5.97 Å². The van der Waals surface area contributed by atoms with Crippen LogP contribution in [0.4, 0.5) is 5.82 Å². The van der Waals surface area contributed by atoms with E-state index in [0.29, 0.717) is 12.3 Å². The van der Waals surface area contributed by atoms with E-state index in [9.17, 15) is 9.90 Å². The Kier molecular flexibility index (Phi) is 3.26. The van der Waals surface area contributed by atoms with E-state index < -0.39 is 12.0 Å². The predicted octanol–water partition coefficient (Wildman–Crippen LogP) is 2.32. The second-order valence-corrected chi connectivity index (χ2v) is 5.39. The molecule has 1 aliphatic heterocycles. The quantitative estimate of drug-likeness (QED) is 0.908. The van der Waals surface area contributed by atoms with Crippen LogP contribution in [0, 0.1) is 5.92 Å². The van der Waals surface area contributed by atoms with Gasteiger partial charge in [-0.3, -0.25) is 0 Å². The molecule has 3 rings (SSSR count). The van der Waals surface area contributed by atoms with Crippen LogP contribution in [-0.2, 0) is 4.79 Å². The lowest BCUT2D eigenvalue weighted by atomic mass is 9.92. The zero-order valence-corrected chi connectivity index (χ0v) is 11.4. The Morgan fingerprint density at radius 1 is 1.35 bits per heavy atom.